The summed E-state index contributed by atoms with van der Waals surface area (Å²) in [6.45, 7) is 1.31. The van der Waals surface area contributed by atoms with Crippen molar-refractivity contribution in [3.63, 3.8) is 0 Å². The van der Waals surface area contributed by atoms with E-state index in [1.54, 1.807) is 0 Å². The number of hydrogen-bond donors (Lipinski definition) is 3. The van der Waals surface area contributed by atoms with Gasteiger partial charge in [0.05, 0.1) is 5.56 Å². The molecule has 3 amide bonds. The summed E-state index contributed by atoms with van der Waals surface area (Å²) >= 11 is 0.770. The number of carbonyl (C=O) groups is 3. The molecule has 138 valence electrons. The van der Waals surface area contributed by atoms with Crippen LogP contribution in [0.15, 0.2) is 15.7 Å². The minimum absolute atomic E-state index is 0.0379. The van der Waals surface area contributed by atoms with Crippen molar-refractivity contribution in [2.75, 3.05) is 0 Å². The Hall–Kier alpha value is -1.98. The third kappa shape index (κ3) is 5.51. The summed E-state index contributed by atoms with van der Waals surface area (Å²) in [5.41, 5.74) is -0.0379. The maximum absolute atomic E-state index is 11.9. The van der Waals surface area contributed by atoms with Crippen LogP contribution in [0.5, 0.6) is 0 Å². The van der Waals surface area contributed by atoms with Gasteiger partial charge in [-0.05, 0) is 25.8 Å². The number of ether oxygens (including phenoxy) is 1. The zero-order valence-electron chi connectivity index (χ0n) is 13.5. The van der Waals surface area contributed by atoms with E-state index >= 15 is 0 Å². The van der Waals surface area contributed by atoms with Crippen molar-refractivity contribution in [1.82, 2.24) is 10.6 Å². The summed E-state index contributed by atoms with van der Waals surface area (Å²) in [6, 6.07) is 0.486. The summed E-state index contributed by atoms with van der Waals surface area (Å²) in [7, 11) is -3.91. The van der Waals surface area contributed by atoms with Crippen LogP contribution in [0.25, 0.3) is 0 Å². The molecule has 1 aliphatic carbocycles. The van der Waals surface area contributed by atoms with Gasteiger partial charge in [0.2, 0.25) is 10.0 Å². The monoisotopic (exact) mass is 389 g/mol. The standard InChI is InChI=1S/C14H19N3O6S2/c1-8(12(18)17-14(20)16-10-4-2-3-5-10)23-13(19)9-6-11(24-7-9)25(15,21)22/h6-8,10H,2-5H2,1H3,(H2,15,21,22)(H2,16,17,18,20). The third-order valence-corrected chi connectivity index (χ3v) is 6.06. The lowest BCUT2D eigenvalue weighted by atomic mass is 10.2. The Bertz CT molecular complexity index is 767. The Labute approximate surface area is 149 Å². The highest BCUT2D eigenvalue weighted by atomic mass is 32.2. The lowest BCUT2D eigenvalue weighted by Gasteiger charge is -2.15. The largest absolute Gasteiger partial charge is 0.449 e. The summed E-state index contributed by atoms with van der Waals surface area (Å²) in [4.78, 5) is 35.5. The van der Waals surface area contributed by atoms with Gasteiger partial charge < -0.3 is 10.1 Å². The molecule has 0 aliphatic heterocycles. The van der Waals surface area contributed by atoms with E-state index in [9.17, 15) is 22.8 Å². The van der Waals surface area contributed by atoms with Crippen molar-refractivity contribution in [3.05, 3.63) is 17.0 Å². The first-order valence-electron chi connectivity index (χ1n) is 7.60. The van der Waals surface area contributed by atoms with E-state index in [2.05, 4.69) is 10.6 Å². The third-order valence-electron chi connectivity index (χ3n) is 3.67. The van der Waals surface area contributed by atoms with Crippen LogP contribution in [-0.2, 0) is 19.6 Å². The van der Waals surface area contributed by atoms with E-state index in [1.807, 2.05) is 0 Å². The average molecular weight is 389 g/mol. The molecule has 4 N–H and O–H groups in total. The summed E-state index contributed by atoms with van der Waals surface area (Å²) in [5.74, 6) is -1.66. The number of primary sulfonamides is 1. The fourth-order valence-electron chi connectivity index (χ4n) is 2.36. The van der Waals surface area contributed by atoms with E-state index in [1.165, 1.54) is 12.3 Å². The molecular formula is C14H19N3O6S2. The van der Waals surface area contributed by atoms with Crippen LogP contribution >= 0.6 is 11.3 Å². The van der Waals surface area contributed by atoms with Gasteiger partial charge in [0.15, 0.2) is 6.10 Å². The number of sulfonamides is 1. The van der Waals surface area contributed by atoms with Crippen molar-refractivity contribution in [2.24, 2.45) is 5.14 Å². The van der Waals surface area contributed by atoms with Crippen LogP contribution in [0.2, 0.25) is 0 Å². The van der Waals surface area contributed by atoms with Crippen LogP contribution in [0.4, 0.5) is 4.79 Å². The number of nitrogens with one attached hydrogen (secondary N) is 2. The Morgan fingerprint density at radius 1 is 1.32 bits per heavy atom. The average Bonchev–Trinajstić information content (AvgIpc) is 3.17. The number of imide groups is 1. The van der Waals surface area contributed by atoms with E-state index < -0.39 is 34.0 Å². The lowest BCUT2D eigenvalue weighted by Crippen LogP contribution is -2.47. The minimum Gasteiger partial charge on any atom is -0.449 e. The molecule has 1 heterocycles. The highest BCUT2D eigenvalue weighted by molar-refractivity contribution is 7.91. The molecule has 1 unspecified atom stereocenters. The van der Waals surface area contributed by atoms with Gasteiger partial charge in [0.25, 0.3) is 5.91 Å². The van der Waals surface area contributed by atoms with Crippen LogP contribution in [0.3, 0.4) is 0 Å². The Balaban J connectivity index is 1.86. The fraction of sp³-hybridized carbons (Fsp3) is 0.500. The molecule has 0 bridgehead atoms. The molecule has 1 aromatic heterocycles. The molecule has 1 fully saturated rings. The van der Waals surface area contributed by atoms with Gasteiger partial charge >= 0.3 is 12.0 Å². The number of thiophene rings is 1. The lowest BCUT2D eigenvalue weighted by molar-refractivity contribution is -0.127. The minimum atomic E-state index is -3.91. The van der Waals surface area contributed by atoms with Gasteiger partial charge in [0.1, 0.15) is 4.21 Å². The molecule has 11 heteroatoms. The van der Waals surface area contributed by atoms with Crippen molar-refractivity contribution >= 4 is 39.3 Å². The molecule has 25 heavy (non-hydrogen) atoms. The predicted molar refractivity (Wildman–Crippen MR) is 89.5 cm³/mol. The Kier molecular flexibility index (Phi) is 6.14. The molecule has 1 saturated carbocycles. The Morgan fingerprint density at radius 2 is 1.96 bits per heavy atom. The SMILES string of the molecule is CC(OC(=O)c1csc(S(N)(=O)=O)c1)C(=O)NC(=O)NC1CCCC1. The van der Waals surface area contributed by atoms with E-state index in [-0.39, 0.29) is 15.8 Å². The van der Waals surface area contributed by atoms with Crippen molar-refractivity contribution in [2.45, 2.75) is 49.0 Å². The summed E-state index contributed by atoms with van der Waals surface area (Å²) in [5, 5.41) is 11.0. The van der Waals surface area contributed by atoms with Gasteiger partial charge in [-0.3, -0.25) is 10.1 Å². The fourth-order valence-corrected chi connectivity index (χ4v) is 3.93. The predicted octanol–water partition coefficient (Wildman–Crippen LogP) is 0.709. The molecule has 0 saturated heterocycles. The number of hydrogen-bond acceptors (Lipinski definition) is 7. The summed E-state index contributed by atoms with van der Waals surface area (Å²) in [6.07, 6.45) is 2.59. The Morgan fingerprint density at radius 3 is 2.52 bits per heavy atom. The first-order chi connectivity index (χ1) is 11.7. The number of nitrogens with two attached hydrogens (primary N) is 1. The van der Waals surface area contributed by atoms with Gasteiger partial charge in [-0.25, -0.2) is 23.1 Å². The summed E-state index contributed by atoms with van der Waals surface area (Å²) < 4.78 is 27.1. The zero-order chi connectivity index (χ0) is 18.6. The van der Waals surface area contributed by atoms with Crippen LogP contribution in [0, 0.1) is 0 Å². The maximum atomic E-state index is 11.9. The highest BCUT2D eigenvalue weighted by Crippen LogP contribution is 2.20. The molecule has 1 atom stereocenters. The number of amides is 3. The van der Waals surface area contributed by atoms with Crippen molar-refractivity contribution < 1.29 is 27.5 Å². The van der Waals surface area contributed by atoms with Gasteiger partial charge in [-0.15, -0.1) is 11.3 Å². The second-order valence-electron chi connectivity index (χ2n) is 5.69. The number of carbonyl (C=O) groups excluding carboxylic acids is 3. The normalized spacial score (nSPS) is 16.2. The van der Waals surface area contributed by atoms with Crippen molar-refractivity contribution in [1.29, 1.82) is 0 Å². The van der Waals surface area contributed by atoms with Gasteiger partial charge in [0, 0.05) is 11.4 Å². The maximum Gasteiger partial charge on any atom is 0.339 e. The molecule has 0 spiro atoms. The molecule has 9 nitrogen and oxygen atoms in total. The second kappa shape index (κ2) is 7.93. The highest BCUT2D eigenvalue weighted by Gasteiger charge is 2.24. The van der Waals surface area contributed by atoms with E-state index in [0.29, 0.717) is 0 Å². The molecule has 0 aromatic carbocycles. The van der Waals surface area contributed by atoms with Gasteiger partial charge in [-0.2, -0.15) is 0 Å². The molecular weight excluding hydrogens is 370 g/mol. The molecule has 2 rings (SSSR count). The van der Waals surface area contributed by atoms with E-state index in [0.717, 1.165) is 43.1 Å². The number of esters is 1. The van der Waals surface area contributed by atoms with Crippen LogP contribution in [0.1, 0.15) is 43.0 Å². The quantitative estimate of drug-likeness (QED) is 0.633. The molecule has 0 radical (unpaired) electrons. The van der Waals surface area contributed by atoms with Crippen molar-refractivity contribution in [3.8, 4) is 0 Å². The van der Waals surface area contributed by atoms with Gasteiger partial charge in [-0.1, -0.05) is 12.8 Å². The number of urea groups is 1. The second-order valence-corrected chi connectivity index (χ2v) is 8.39. The molecule has 1 aliphatic rings. The zero-order valence-corrected chi connectivity index (χ0v) is 15.1. The number of rotatable bonds is 5. The topological polar surface area (TPSA) is 145 Å². The smallest absolute Gasteiger partial charge is 0.339 e. The molecule has 1 aromatic rings. The van der Waals surface area contributed by atoms with Crippen LogP contribution < -0.4 is 15.8 Å². The van der Waals surface area contributed by atoms with Crippen LogP contribution in [-0.4, -0.2) is 38.5 Å². The first kappa shape index (κ1) is 19.3. The van der Waals surface area contributed by atoms with E-state index in [4.69, 9.17) is 9.88 Å². The first-order valence-corrected chi connectivity index (χ1v) is 10.0.